The summed E-state index contributed by atoms with van der Waals surface area (Å²) in [5.41, 5.74) is 1.58. The summed E-state index contributed by atoms with van der Waals surface area (Å²) in [4.78, 5) is 25.5. The van der Waals surface area contributed by atoms with Crippen molar-refractivity contribution in [1.82, 2.24) is 0 Å². The second-order valence-corrected chi connectivity index (χ2v) is 10.0. The molecular formula is C25H26I2O5. The fourth-order valence-electron chi connectivity index (χ4n) is 3.50. The van der Waals surface area contributed by atoms with Gasteiger partial charge in [-0.15, -0.1) is 0 Å². The van der Waals surface area contributed by atoms with Crippen molar-refractivity contribution < 1.29 is 23.8 Å². The molecule has 0 saturated carbocycles. The summed E-state index contributed by atoms with van der Waals surface area (Å²) >= 11 is 4.05. The van der Waals surface area contributed by atoms with E-state index in [1.54, 1.807) is 30.3 Å². The van der Waals surface area contributed by atoms with E-state index in [-0.39, 0.29) is 17.5 Å². The molecule has 1 aromatic heterocycles. The average molecular weight is 660 g/mol. The van der Waals surface area contributed by atoms with Crippen LogP contribution in [0.3, 0.4) is 0 Å². The fourth-order valence-corrected chi connectivity index (χ4v) is 5.26. The molecule has 0 spiro atoms. The molecule has 1 N–H and O–H groups in total. The monoisotopic (exact) mass is 660 g/mol. The third kappa shape index (κ3) is 5.84. The molecule has 0 amide bonds. The summed E-state index contributed by atoms with van der Waals surface area (Å²) in [6, 6.07) is 8.56. The van der Waals surface area contributed by atoms with Gasteiger partial charge in [-0.1, -0.05) is 33.1 Å². The molecule has 3 aromatic rings. The van der Waals surface area contributed by atoms with Crippen LogP contribution in [-0.2, 0) is 11.2 Å². The Bertz CT molecular complexity index is 1110. The van der Waals surface area contributed by atoms with Crippen LogP contribution in [0.5, 0.6) is 11.5 Å². The van der Waals surface area contributed by atoms with Crippen LogP contribution in [0.25, 0.3) is 11.0 Å². The van der Waals surface area contributed by atoms with E-state index in [0.717, 1.165) is 32.1 Å². The van der Waals surface area contributed by atoms with Crippen LogP contribution in [0, 0.1) is 7.14 Å². The predicted octanol–water partition coefficient (Wildman–Crippen LogP) is 7.41. The Balaban J connectivity index is 2.01. The van der Waals surface area contributed by atoms with Gasteiger partial charge in [0.2, 0.25) is 0 Å². The number of halogens is 2. The van der Waals surface area contributed by atoms with Gasteiger partial charge >= 0.3 is 5.97 Å². The number of phenols is 1. The summed E-state index contributed by atoms with van der Waals surface area (Å²) < 4.78 is 12.8. The topological polar surface area (TPSA) is 76.7 Å². The number of furan rings is 1. The van der Waals surface area contributed by atoms with E-state index in [0.29, 0.717) is 53.6 Å². The molecule has 0 fully saturated rings. The number of benzene rings is 2. The fraction of sp³-hybridized carbons (Fsp3) is 0.360. The third-order valence-electron chi connectivity index (χ3n) is 5.21. The molecular weight excluding hydrogens is 634 g/mol. The van der Waals surface area contributed by atoms with Gasteiger partial charge in [0.05, 0.1) is 12.7 Å². The van der Waals surface area contributed by atoms with Crippen molar-refractivity contribution in [3.63, 3.8) is 0 Å². The molecule has 0 aliphatic carbocycles. The lowest BCUT2D eigenvalue weighted by atomic mass is 9.98. The first-order valence-electron chi connectivity index (χ1n) is 10.8. The van der Waals surface area contributed by atoms with Gasteiger partial charge in [-0.05, 0) is 82.3 Å². The maximum atomic E-state index is 13.5. The SMILES string of the molecule is CCCCCc1oc2cc(OC(=O)CCCC)ccc2c1C(=O)c1cc(I)c(O)c(I)c1. The number of aryl methyl sites for hydroxylation is 1. The number of carbonyl (C=O) groups is 2. The number of unbranched alkanes of at least 4 members (excludes halogenated alkanes) is 3. The average Bonchev–Trinajstić information content (AvgIpc) is 3.12. The first-order chi connectivity index (χ1) is 15.3. The van der Waals surface area contributed by atoms with Crippen LogP contribution >= 0.6 is 45.2 Å². The highest BCUT2D eigenvalue weighted by Crippen LogP contribution is 2.34. The molecule has 0 radical (unpaired) electrons. The zero-order chi connectivity index (χ0) is 23.3. The van der Waals surface area contributed by atoms with E-state index in [1.165, 1.54) is 0 Å². The zero-order valence-electron chi connectivity index (χ0n) is 18.2. The van der Waals surface area contributed by atoms with E-state index in [2.05, 4.69) is 6.92 Å². The lowest BCUT2D eigenvalue weighted by molar-refractivity contribution is -0.134. The maximum absolute atomic E-state index is 13.5. The van der Waals surface area contributed by atoms with Crippen molar-refractivity contribution in [3.05, 3.63) is 54.4 Å². The summed E-state index contributed by atoms with van der Waals surface area (Å²) in [7, 11) is 0. The number of hydrogen-bond donors (Lipinski definition) is 1. The van der Waals surface area contributed by atoms with Crippen molar-refractivity contribution in [2.45, 2.75) is 58.8 Å². The zero-order valence-corrected chi connectivity index (χ0v) is 22.5. The van der Waals surface area contributed by atoms with Gasteiger partial charge in [0, 0.05) is 29.9 Å². The number of carbonyl (C=O) groups excluding carboxylic acids is 2. The molecule has 7 heteroatoms. The van der Waals surface area contributed by atoms with Gasteiger partial charge in [-0.2, -0.15) is 0 Å². The van der Waals surface area contributed by atoms with Crippen LogP contribution in [0.4, 0.5) is 0 Å². The summed E-state index contributed by atoms with van der Waals surface area (Å²) in [6.45, 7) is 4.15. The van der Waals surface area contributed by atoms with Crippen LogP contribution in [0.1, 0.15) is 74.1 Å². The number of ketones is 1. The molecule has 3 rings (SSSR count). The van der Waals surface area contributed by atoms with Gasteiger partial charge in [0.25, 0.3) is 0 Å². The molecule has 2 aromatic carbocycles. The van der Waals surface area contributed by atoms with Crippen molar-refractivity contribution in [2.24, 2.45) is 0 Å². The van der Waals surface area contributed by atoms with Gasteiger partial charge in [0.15, 0.2) is 5.78 Å². The Morgan fingerprint density at radius 2 is 1.69 bits per heavy atom. The Hall–Kier alpha value is -1.62. The van der Waals surface area contributed by atoms with Crippen molar-refractivity contribution >= 4 is 67.9 Å². The Morgan fingerprint density at radius 3 is 2.34 bits per heavy atom. The van der Waals surface area contributed by atoms with Crippen LogP contribution in [0.2, 0.25) is 0 Å². The minimum absolute atomic E-state index is 0.140. The number of fused-ring (bicyclic) bond motifs is 1. The minimum Gasteiger partial charge on any atom is -0.506 e. The highest BCUT2D eigenvalue weighted by Gasteiger charge is 2.24. The number of hydrogen-bond acceptors (Lipinski definition) is 5. The Kier molecular flexibility index (Phi) is 8.98. The summed E-state index contributed by atoms with van der Waals surface area (Å²) in [6.07, 6.45) is 5.76. The lowest BCUT2D eigenvalue weighted by Crippen LogP contribution is -2.07. The summed E-state index contributed by atoms with van der Waals surface area (Å²) in [5.74, 6) is 0.827. The maximum Gasteiger partial charge on any atom is 0.311 e. The van der Waals surface area contributed by atoms with E-state index in [4.69, 9.17) is 9.15 Å². The second-order valence-electron chi connectivity index (χ2n) is 7.71. The Labute approximate surface area is 215 Å². The molecule has 0 atom stereocenters. The first-order valence-corrected chi connectivity index (χ1v) is 13.0. The second kappa shape index (κ2) is 11.5. The first kappa shape index (κ1) is 25.0. The van der Waals surface area contributed by atoms with Crippen LogP contribution in [-0.4, -0.2) is 16.9 Å². The molecule has 0 aliphatic heterocycles. The largest absolute Gasteiger partial charge is 0.506 e. The molecule has 1 heterocycles. The van der Waals surface area contributed by atoms with Crippen molar-refractivity contribution in [1.29, 1.82) is 0 Å². The molecule has 32 heavy (non-hydrogen) atoms. The number of ether oxygens (including phenoxy) is 1. The molecule has 0 saturated heterocycles. The van der Waals surface area contributed by atoms with Gasteiger partial charge in [0.1, 0.15) is 22.8 Å². The predicted molar refractivity (Wildman–Crippen MR) is 142 cm³/mol. The standard InChI is InChI=1S/C25H26I2O5/c1-3-5-7-8-20-23(24(29)15-12-18(26)25(30)19(27)13-15)17-11-10-16(14-21(17)32-20)31-22(28)9-6-4-2/h10-14,30H,3-9H2,1-2H3. The third-order valence-corrected chi connectivity index (χ3v) is 6.86. The van der Waals surface area contributed by atoms with E-state index < -0.39 is 0 Å². The van der Waals surface area contributed by atoms with E-state index in [9.17, 15) is 14.7 Å². The van der Waals surface area contributed by atoms with E-state index >= 15 is 0 Å². The number of aromatic hydroxyl groups is 1. The van der Waals surface area contributed by atoms with Gasteiger partial charge in [-0.3, -0.25) is 9.59 Å². The number of esters is 1. The normalized spacial score (nSPS) is 11.1. The van der Waals surface area contributed by atoms with Crippen molar-refractivity contribution in [2.75, 3.05) is 0 Å². The molecule has 0 aliphatic rings. The summed E-state index contributed by atoms with van der Waals surface area (Å²) in [5, 5.41) is 10.8. The van der Waals surface area contributed by atoms with Crippen molar-refractivity contribution in [3.8, 4) is 11.5 Å². The highest BCUT2D eigenvalue weighted by molar-refractivity contribution is 14.1. The van der Waals surface area contributed by atoms with Gasteiger partial charge in [-0.25, -0.2) is 0 Å². The highest BCUT2D eigenvalue weighted by atomic mass is 127. The van der Waals surface area contributed by atoms with E-state index in [1.807, 2.05) is 52.1 Å². The molecule has 0 unspecified atom stereocenters. The lowest BCUT2D eigenvalue weighted by Gasteiger charge is -2.07. The molecule has 0 bridgehead atoms. The minimum atomic E-state index is -0.273. The van der Waals surface area contributed by atoms with Crippen LogP contribution < -0.4 is 4.74 Å². The smallest absolute Gasteiger partial charge is 0.311 e. The quantitative estimate of drug-likeness (QED) is 0.0807. The molecule has 170 valence electrons. The van der Waals surface area contributed by atoms with Gasteiger partial charge < -0.3 is 14.3 Å². The number of rotatable bonds is 10. The van der Waals surface area contributed by atoms with Crippen LogP contribution in [0.15, 0.2) is 34.7 Å². The number of phenolic OH excluding ortho intramolecular Hbond substituents is 1. The molecule has 5 nitrogen and oxygen atoms in total. The Morgan fingerprint density at radius 1 is 1.00 bits per heavy atom.